The molecule has 0 saturated carbocycles. The Hall–Kier alpha value is -3.60. The average molecular weight is 359 g/mol. The van der Waals surface area contributed by atoms with Crippen LogP contribution in [0.2, 0.25) is 0 Å². The molecule has 0 aromatic heterocycles. The van der Waals surface area contributed by atoms with Crippen molar-refractivity contribution >= 4 is 28.9 Å². The third-order valence-corrected chi connectivity index (χ3v) is 4.05. The molecule has 0 spiro atoms. The molecule has 136 valence electrons. The maximum Gasteiger partial charge on any atom is 0.255 e. The first-order chi connectivity index (χ1) is 13.0. The fourth-order valence-electron chi connectivity index (χ4n) is 2.65. The first-order valence-electron chi connectivity index (χ1n) is 8.62. The van der Waals surface area contributed by atoms with Crippen molar-refractivity contribution < 1.29 is 9.59 Å². The molecule has 0 aliphatic heterocycles. The number of carbonyl (C=O) groups excluding carboxylic acids is 2. The van der Waals surface area contributed by atoms with Gasteiger partial charge in [-0.3, -0.25) is 9.59 Å². The number of benzene rings is 3. The molecule has 4 N–H and O–H groups in total. The van der Waals surface area contributed by atoms with Crippen LogP contribution in [0.1, 0.15) is 21.5 Å². The van der Waals surface area contributed by atoms with E-state index in [0.717, 1.165) is 11.1 Å². The number of aryl methyl sites for hydroxylation is 1. The van der Waals surface area contributed by atoms with E-state index in [1.807, 2.05) is 37.3 Å². The molecular formula is C22H21N3O2. The Morgan fingerprint density at radius 1 is 0.852 bits per heavy atom. The predicted octanol–water partition coefficient (Wildman–Crippen LogP) is 4.01. The summed E-state index contributed by atoms with van der Waals surface area (Å²) in [6.45, 7) is 1.94. The number of hydrogen-bond acceptors (Lipinski definition) is 3. The number of carbonyl (C=O) groups is 2. The van der Waals surface area contributed by atoms with E-state index >= 15 is 0 Å². The zero-order valence-corrected chi connectivity index (χ0v) is 15.0. The van der Waals surface area contributed by atoms with Gasteiger partial charge in [-0.25, -0.2) is 0 Å². The van der Waals surface area contributed by atoms with Crippen LogP contribution in [0.25, 0.3) is 0 Å². The van der Waals surface area contributed by atoms with Crippen LogP contribution >= 0.6 is 0 Å². The van der Waals surface area contributed by atoms with Crippen LogP contribution in [0.3, 0.4) is 0 Å². The van der Waals surface area contributed by atoms with Crippen molar-refractivity contribution in [2.45, 2.75) is 13.3 Å². The van der Waals surface area contributed by atoms with Gasteiger partial charge in [0.15, 0.2) is 0 Å². The highest BCUT2D eigenvalue weighted by Crippen LogP contribution is 2.16. The van der Waals surface area contributed by atoms with Gasteiger partial charge in [-0.05, 0) is 61.0 Å². The minimum Gasteiger partial charge on any atom is -0.399 e. The first kappa shape index (κ1) is 18.2. The first-order valence-corrected chi connectivity index (χ1v) is 8.62. The number of rotatable bonds is 5. The van der Waals surface area contributed by atoms with Gasteiger partial charge >= 0.3 is 0 Å². The van der Waals surface area contributed by atoms with Gasteiger partial charge in [-0.1, -0.05) is 29.8 Å². The summed E-state index contributed by atoms with van der Waals surface area (Å²) < 4.78 is 0. The number of nitrogen functional groups attached to an aromatic ring is 1. The van der Waals surface area contributed by atoms with Gasteiger partial charge in [0.1, 0.15) is 0 Å². The lowest BCUT2D eigenvalue weighted by atomic mass is 10.1. The maximum atomic E-state index is 12.3. The fourth-order valence-corrected chi connectivity index (χ4v) is 2.65. The Morgan fingerprint density at radius 3 is 2.11 bits per heavy atom. The van der Waals surface area contributed by atoms with Crippen molar-refractivity contribution in [2.24, 2.45) is 0 Å². The molecule has 0 heterocycles. The Kier molecular flexibility index (Phi) is 5.52. The van der Waals surface area contributed by atoms with Crippen molar-refractivity contribution in [1.29, 1.82) is 0 Å². The number of nitrogens with one attached hydrogen (secondary N) is 2. The van der Waals surface area contributed by atoms with Crippen molar-refractivity contribution in [3.8, 4) is 0 Å². The predicted molar refractivity (Wildman–Crippen MR) is 109 cm³/mol. The molecule has 0 saturated heterocycles. The fraction of sp³-hybridized carbons (Fsp3) is 0.0909. The van der Waals surface area contributed by atoms with Crippen LogP contribution < -0.4 is 16.4 Å². The van der Waals surface area contributed by atoms with Crippen LogP contribution in [0, 0.1) is 6.92 Å². The molecule has 3 rings (SSSR count). The van der Waals surface area contributed by atoms with Crippen molar-refractivity contribution in [1.82, 2.24) is 0 Å². The lowest BCUT2D eigenvalue weighted by molar-refractivity contribution is -0.115. The summed E-state index contributed by atoms with van der Waals surface area (Å²) in [6, 6.07) is 21.6. The quantitative estimate of drug-likeness (QED) is 0.602. The Labute approximate surface area is 158 Å². The minimum absolute atomic E-state index is 0.115. The zero-order valence-electron chi connectivity index (χ0n) is 15.0. The largest absolute Gasteiger partial charge is 0.399 e. The van der Waals surface area contributed by atoms with Crippen LogP contribution in [-0.4, -0.2) is 11.8 Å². The van der Waals surface area contributed by atoms with Crippen LogP contribution in [0.5, 0.6) is 0 Å². The molecular weight excluding hydrogens is 338 g/mol. The molecule has 0 aliphatic carbocycles. The van der Waals surface area contributed by atoms with Crippen LogP contribution in [-0.2, 0) is 11.2 Å². The van der Waals surface area contributed by atoms with Gasteiger partial charge in [0, 0.05) is 22.6 Å². The van der Waals surface area contributed by atoms with E-state index < -0.39 is 0 Å². The topological polar surface area (TPSA) is 84.2 Å². The van der Waals surface area contributed by atoms with Gasteiger partial charge in [-0.2, -0.15) is 0 Å². The van der Waals surface area contributed by atoms with Crippen molar-refractivity contribution in [3.05, 3.63) is 89.5 Å². The second kappa shape index (κ2) is 8.19. The second-order valence-electron chi connectivity index (χ2n) is 6.37. The molecule has 5 heteroatoms. The lowest BCUT2D eigenvalue weighted by Gasteiger charge is -2.09. The molecule has 0 bridgehead atoms. The molecule has 0 unspecified atom stereocenters. The Bertz CT molecular complexity index is 948. The summed E-state index contributed by atoms with van der Waals surface area (Å²) in [5.41, 5.74) is 10.2. The van der Waals surface area contributed by atoms with E-state index in [1.165, 1.54) is 0 Å². The van der Waals surface area contributed by atoms with Gasteiger partial charge in [0.2, 0.25) is 5.91 Å². The minimum atomic E-state index is -0.168. The molecule has 5 nitrogen and oxygen atoms in total. The lowest BCUT2D eigenvalue weighted by Crippen LogP contribution is -2.15. The summed E-state index contributed by atoms with van der Waals surface area (Å²) in [5.74, 6) is -0.282. The van der Waals surface area contributed by atoms with E-state index in [1.54, 1.807) is 42.5 Å². The number of anilines is 3. The molecule has 0 fully saturated rings. The number of amides is 2. The van der Waals surface area contributed by atoms with E-state index in [-0.39, 0.29) is 18.2 Å². The maximum absolute atomic E-state index is 12.3. The number of hydrogen-bond donors (Lipinski definition) is 3. The SMILES string of the molecule is Cc1cccc(C(=O)Nc2ccc(NC(=O)Cc3ccc(N)cc3)cc2)c1. The van der Waals surface area contributed by atoms with Crippen LogP contribution in [0.4, 0.5) is 17.1 Å². The van der Waals surface area contributed by atoms with Crippen molar-refractivity contribution in [2.75, 3.05) is 16.4 Å². The summed E-state index contributed by atoms with van der Waals surface area (Å²) in [7, 11) is 0. The summed E-state index contributed by atoms with van der Waals surface area (Å²) in [6.07, 6.45) is 0.270. The highest BCUT2D eigenvalue weighted by Gasteiger charge is 2.07. The standard InChI is InChI=1S/C22H21N3O2/c1-15-3-2-4-17(13-15)22(27)25-20-11-9-19(10-12-20)24-21(26)14-16-5-7-18(23)8-6-16/h2-13H,14,23H2,1H3,(H,24,26)(H,25,27). The Morgan fingerprint density at radius 2 is 1.48 bits per heavy atom. The molecule has 0 radical (unpaired) electrons. The smallest absolute Gasteiger partial charge is 0.255 e. The molecule has 27 heavy (non-hydrogen) atoms. The molecule has 3 aromatic rings. The normalized spacial score (nSPS) is 10.3. The van der Waals surface area contributed by atoms with Crippen LogP contribution in [0.15, 0.2) is 72.8 Å². The zero-order chi connectivity index (χ0) is 19.2. The van der Waals surface area contributed by atoms with E-state index in [4.69, 9.17) is 5.73 Å². The highest BCUT2D eigenvalue weighted by atomic mass is 16.2. The molecule has 3 aromatic carbocycles. The highest BCUT2D eigenvalue weighted by molar-refractivity contribution is 6.04. The van der Waals surface area contributed by atoms with Gasteiger partial charge in [0.25, 0.3) is 5.91 Å². The summed E-state index contributed by atoms with van der Waals surface area (Å²) in [4.78, 5) is 24.4. The van der Waals surface area contributed by atoms with E-state index in [0.29, 0.717) is 22.6 Å². The molecule has 0 atom stereocenters. The second-order valence-corrected chi connectivity index (χ2v) is 6.37. The summed E-state index contributed by atoms with van der Waals surface area (Å²) >= 11 is 0. The summed E-state index contributed by atoms with van der Waals surface area (Å²) in [5, 5.41) is 5.69. The molecule has 0 aliphatic rings. The average Bonchev–Trinajstić information content (AvgIpc) is 2.65. The monoisotopic (exact) mass is 359 g/mol. The Balaban J connectivity index is 1.57. The van der Waals surface area contributed by atoms with Crippen molar-refractivity contribution in [3.63, 3.8) is 0 Å². The van der Waals surface area contributed by atoms with E-state index in [9.17, 15) is 9.59 Å². The van der Waals surface area contributed by atoms with Gasteiger partial charge < -0.3 is 16.4 Å². The third kappa shape index (κ3) is 5.19. The molecule has 2 amide bonds. The van der Waals surface area contributed by atoms with E-state index in [2.05, 4.69) is 10.6 Å². The number of nitrogens with two attached hydrogens (primary N) is 1. The van der Waals surface area contributed by atoms with Gasteiger partial charge in [0.05, 0.1) is 6.42 Å². The van der Waals surface area contributed by atoms with Gasteiger partial charge in [-0.15, -0.1) is 0 Å². The third-order valence-electron chi connectivity index (χ3n) is 4.05.